The van der Waals surface area contributed by atoms with Crippen molar-refractivity contribution in [2.45, 2.75) is 64.5 Å². The zero-order valence-corrected chi connectivity index (χ0v) is 16.9. The highest BCUT2D eigenvalue weighted by molar-refractivity contribution is 5.82. The van der Waals surface area contributed by atoms with Crippen molar-refractivity contribution in [2.75, 3.05) is 6.61 Å². The predicted molar refractivity (Wildman–Crippen MR) is 106 cm³/mol. The molecule has 1 N–H and O–H groups in total. The lowest BCUT2D eigenvalue weighted by Gasteiger charge is -2.59. The Balaban J connectivity index is 1.25. The van der Waals surface area contributed by atoms with Crippen molar-refractivity contribution in [3.63, 3.8) is 0 Å². The van der Waals surface area contributed by atoms with E-state index in [0.717, 1.165) is 17.8 Å². The quantitative estimate of drug-likeness (QED) is 0.727. The fraction of sp³-hybridized carbons (Fsp3) is 0.652. The maximum Gasteiger partial charge on any atom is 0.347 e. The molecule has 4 aliphatic carbocycles. The van der Waals surface area contributed by atoms with Crippen LogP contribution in [0.3, 0.4) is 0 Å². The van der Waals surface area contributed by atoms with Gasteiger partial charge in [0.1, 0.15) is 5.75 Å². The maximum atomic E-state index is 12.4. The molecule has 152 valence electrons. The fourth-order valence-corrected chi connectivity index (χ4v) is 6.15. The Labute approximate surface area is 167 Å². The average Bonchev–Trinajstić information content (AvgIpc) is 2.65. The lowest BCUT2D eigenvalue weighted by molar-refractivity contribution is -0.155. The third kappa shape index (κ3) is 4.03. The molecule has 4 bridgehead atoms. The summed E-state index contributed by atoms with van der Waals surface area (Å²) in [6, 6.07) is 9.25. The summed E-state index contributed by atoms with van der Waals surface area (Å²) in [7, 11) is 0. The third-order valence-corrected chi connectivity index (χ3v) is 7.12. The van der Waals surface area contributed by atoms with Crippen LogP contribution < -0.4 is 10.1 Å². The summed E-state index contributed by atoms with van der Waals surface area (Å²) in [6.45, 7) is 3.51. The molecular formula is C23H31NO4. The number of hydrogen-bond donors (Lipinski definition) is 1. The molecule has 28 heavy (non-hydrogen) atoms. The SMILES string of the molecule is C[C@H](Oc1ccccc1)C(=O)OCC(=O)N[C@H](C)C12CC3CC(CC(C3)C1)C2. The summed E-state index contributed by atoms with van der Waals surface area (Å²) in [4.78, 5) is 24.5. The minimum Gasteiger partial charge on any atom is -0.479 e. The van der Waals surface area contributed by atoms with E-state index in [-0.39, 0.29) is 24.0 Å². The molecule has 4 saturated carbocycles. The van der Waals surface area contributed by atoms with Crippen LogP contribution in [0.15, 0.2) is 30.3 Å². The molecule has 5 rings (SSSR count). The van der Waals surface area contributed by atoms with Crippen molar-refractivity contribution < 1.29 is 19.1 Å². The second kappa shape index (κ2) is 7.76. The van der Waals surface area contributed by atoms with Crippen LogP contribution in [0.1, 0.15) is 52.4 Å². The monoisotopic (exact) mass is 385 g/mol. The van der Waals surface area contributed by atoms with Gasteiger partial charge in [-0.1, -0.05) is 18.2 Å². The van der Waals surface area contributed by atoms with Gasteiger partial charge in [0.15, 0.2) is 12.7 Å². The van der Waals surface area contributed by atoms with E-state index >= 15 is 0 Å². The molecule has 0 heterocycles. The Morgan fingerprint density at radius 1 is 1.04 bits per heavy atom. The van der Waals surface area contributed by atoms with Gasteiger partial charge in [-0.25, -0.2) is 4.79 Å². The molecule has 1 aromatic rings. The largest absolute Gasteiger partial charge is 0.479 e. The molecule has 1 aromatic carbocycles. The first kappa shape index (κ1) is 19.3. The van der Waals surface area contributed by atoms with E-state index in [1.54, 1.807) is 19.1 Å². The summed E-state index contributed by atoms with van der Waals surface area (Å²) in [5.41, 5.74) is 0.248. The highest BCUT2D eigenvalue weighted by Crippen LogP contribution is 2.61. The number of carbonyl (C=O) groups excluding carboxylic acids is 2. The number of ether oxygens (including phenoxy) is 2. The zero-order chi connectivity index (χ0) is 19.7. The van der Waals surface area contributed by atoms with Crippen molar-refractivity contribution in [1.82, 2.24) is 5.32 Å². The molecular weight excluding hydrogens is 354 g/mol. The van der Waals surface area contributed by atoms with Crippen LogP contribution >= 0.6 is 0 Å². The smallest absolute Gasteiger partial charge is 0.347 e. The third-order valence-electron chi connectivity index (χ3n) is 7.12. The first-order valence-corrected chi connectivity index (χ1v) is 10.6. The van der Waals surface area contributed by atoms with Crippen LogP contribution in [0.4, 0.5) is 0 Å². The lowest BCUT2D eigenvalue weighted by atomic mass is 9.48. The number of benzene rings is 1. The number of nitrogens with one attached hydrogen (secondary N) is 1. The maximum absolute atomic E-state index is 12.4. The number of carbonyl (C=O) groups is 2. The van der Waals surface area contributed by atoms with E-state index in [4.69, 9.17) is 9.47 Å². The molecule has 0 unspecified atom stereocenters. The Kier molecular flexibility index (Phi) is 5.35. The van der Waals surface area contributed by atoms with Crippen LogP contribution in [0, 0.1) is 23.2 Å². The van der Waals surface area contributed by atoms with E-state index in [1.807, 2.05) is 18.2 Å². The van der Waals surface area contributed by atoms with Gasteiger partial charge in [0.2, 0.25) is 0 Å². The summed E-state index contributed by atoms with van der Waals surface area (Å²) in [5.74, 6) is 2.40. The van der Waals surface area contributed by atoms with E-state index in [9.17, 15) is 9.59 Å². The first-order valence-electron chi connectivity index (χ1n) is 10.6. The molecule has 4 aliphatic rings. The van der Waals surface area contributed by atoms with Gasteiger partial charge in [-0.15, -0.1) is 0 Å². The van der Waals surface area contributed by atoms with E-state index in [1.165, 1.54) is 38.5 Å². The lowest BCUT2D eigenvalue weighted by Crippen LogP contribution is -2.56. The topological polar surface area (TPSA) is 64.6 Å². The number of hydrogen-bond acceptors (Lipinski definition) is 4. The molecule has 0 aliphatic heterocycles. The molecule has 1 amide bonds. The van der Waals surface area contributed by atoms with Crippen LogP contribution in [0.2, 0.25) is 0 Å². The van der Waals surface area contributed by atoms with Crippen molar-refractivity contribution in [3.05, 3.63) is 30.3 Å². The van der Waals surface area contributed by atoms with Crippen molar-refractivity contribution >= 4 is 11.9 Å². The Hall–Kier alpha value is -2.04. The van der Waals surface area contributed by atoms with E-state index in [0.29, 0.717) is 5.75 Å². The number of rotatable bonds is 7. The zero-order valence-electron chi connectivity index (χ0n) is 16.9. The standard InChI is InChI=1S/C23H31NO4/c1-15(28-20-6-4-3-5-7-20)22(26)27-14-21(25)24-16(2)23-11-17-8-18(12-23)10-19(9-17)13-23/h3-7,15-19H,8-14H2,1-2H3,(H,24,25)/t15-,16+,17?,18?,19?,23?/m0/s1. The summed E-state index contributed by atoms with van der Waals surface area (Å²) in [5, 5.41) is 3.12. The highest BCUT2D eigenvalue weighted by Gasteiger charge is 2.53. The Morgan fingerprint density at radius 3 is 2.18 bits per heavy atom. The Morgan fingerprint density at radius 2 is 1.61 bits per heavy atom. The van der Waals surface area contributed by atoms with Gasteiger partial charge >= 0.3 is 5.97 Å². The van der Waals surface area contributed by atoms with Crippen LogP contribution in [-0.2, 0) is 14.3 Å². The second-order valence-corrected chi connectivity index (χ2v) is 9.25. The fourth-order valence-electron chi connectivity index (χ4n) is 6.15. The van der Waals surface area contributed by atoms with Gasteiger partial charge in [-0.2, -0.15) is 0 Å². The molecule has 5 heteroatoms. The van der Waals surface area contributed by atoms with Gasteiger partial charge in [0.25, 0.3) is 5.91 Å². The van der Waals surface area contributed by atoms with Gasteiger partial charge in [0.05, 0.1) is 0 Å². The normalized spacial score (nSPS) is 32.4. The molecule has 2 atom stereocenters. The molecule has 4 fully saturated rings. The van der Waals surface area contributed by atoms with Crippen molar-refractivity contribution in [1.29, 1.82) is 0 Å². The average molecular weight is 386 g/mol. The summed E-state index contributed by atoms with van der Waals surface area (Å²) < 4.78 is 10.7. The summed E-state index contributed by atoms with van der Waals surface area (Å²) >= 11 is 0. The summed E-state index contributed by atoms with van der Waals surface area (Å²) in [6.07, 6.45) is 7.12. The molecule has 0 spiro atoms. The van der Waals surface area contributed by atoms with Crippen LogP contribution in [0.25, 0.3) is 0 Å². The highest BCUT2D eigenvalue weighted by atomic mass is 16.6. The number of esters is 1. The van der Waals surface area contributed by atoms with Gasteiger partial charge in [-0.3, -0.25) is 4.79 Å². The minimum atomic E-state index is -0.754. The van der Waals surface area contributed by atoms with Gasteiger partial charge < -0.3 is 14.8 Å². The Bertz CT molecular complexity index is 681. The first-order chi connectivity index (χ1) is 13.4. The minimum absolute atomic E-state index is 0.130. The number of para-hydroxylation sites is 1. The van der Waals surface area contributed by atoms with Gasteiger partial charge in [-0.05, 0) is 87.7 Å². The number of amides is 1. The van der Waals surface area contributed by atoms with Gasteiger partial charge in [0, 0.05) is 6.04 Å². The predicted octanol–water partition coefficient (Wildman–Crippen LogP) is 3.72. The van der Waals surface area contributed by atoms with Crippen LogP contribution in [0.5, 0.6) is 5.75 Å². The van der Waals surface area contributed by atoms with Crippen molar-refractivity contribution in [3.8, 4) is 5.75 Å². The van der Waals surface area contributed by atoms with Crippen LogP contribution in [-0.4, -0.2) is 30.6 Å². The molecule has 5 nitrogen and oxygen atoms in total. The second-order valence-electron chi connectivity index (χ2n) is 9.25. The molecule has 0 aromatic heterocycles. The van der Waals surface area contributed by atoms with E-state index in [2.05, 4.69) is 12.2 Å². The van der Waals surface area contributed by atoms with Crippen molar-refractivity contribution in [2.24, 2.45) is 23.2 Å². The van der Waals surface area contributed by atoms with E-state index < -0.39 is 12.1 Å². The molecule has 0 radical (unpaired) electrons. The molecule has 0 saturated heterocycles.